The van der Waals surface area contributed by atoms with E-state index in [1.807, 2.05) is 0 Å². The molecule has 2 aliphatic rings. The van der Waals surface area contributed by atoms with Crippen LogP contribution in [0.4, 0.5) is 0 Å². The molecule has 0 amide bonds. The first-order valence-electron chi connectivity index (χ1n) is 8.61. The average molecular weight is 272 g/mol. The summed E-state index contributed by atoms with van der Waals surface area (Å²) in [5.41, 5.74) is 2.60. The minimum Gasteiger partial charge on any atom is -0.388 e. The Balaban J connectivity index is 1.62. The molecule has 1 N–H and O–H groups in total. The van der Waals surface area contributed by atoms with Crippen molar-refractivity contribution in [2.24, 2.45) is 5.92 Å². The molecule has 0 aliphatic heterocycles. The molecule has 1 nitrogen and oxygen atoms in total. The lowest BCUT2D eigenvalue weighted by atomic mass is 9.79. The molecule has 0 spiro atoms. The maximum absolute atomic E-state index is 10.6. The Morgan fingerprint density at radius 2 is 1.70 bits per heavy atom. The van der Waals surface area contributed by atoms with Crippen molar-refractivity contribution in [1.29, 1.82) is 0 Å². The highest BCUT2D eigenvalue weighted by atomic mass is 16.3. The van der Waals surface area contributed by atoms with E-state index in [2.05, 4.69) is 24.3 Å². The van der Waals surface area contributed by atoms with Gasteiger partial charge in [-0.15, -0.1) is 0 Å². The van der Waals surface area contributed by atoms with Gasteiger partial charge in [-0.1, -0.05) is 69.2 Å². The first-order chi connectivity index (χ1) is 9.83. The molecule has 2 aliphatic carbocycles. The normalized spacial score (nSPS) is 23.1. The molecule has 1 aromatic rings. The Morgan fingerprint density at radius 3 is 2.35 bits per heavy atom. The fourth-order valence-corrected chi connectivity index (χ4v) is 3.81. The number of rotatable bonds is 4. The lowest BCUT2D eigenvalue weighted by Gasteiger charge is -2.27. The van der Waals surface area contributed by atoms with Crippen molar-refractivity contribution in [3.8, 4) is 0 Å². The van der Waals surface area contributed by atoms with Crippen LogP contribution in [-0.2, 0) is 0 Å². The Kier molecular flexibility index (Phi) is 4.77. The van der Waals surface area contributed by atoms with Crippen LogP contribution in [0.2, 0.25) is 0 Å². The minimum atomic E-state index is -0.252. The molecule has 0 heterocycles. The van der Waals surface area contributed by atoms with E-state index in [0.29, 0.717) is 0 Å². The maximum atomic E-state index is 10.6. The second-order valence-corrected chi connectivity index (χ2v) is 6.91. The number of aliphatic hydroxyl groups is 1. The van der Waals surface area contributed by atoms with Gasteiger partial charge in [0.15, 0.2) is 0 Å². The fraction of sp³-hybridized carbons (Fsp3) is 0.684. The molecule has 1 atom stereocenters. The van der Waals surface area contributed by atoms with Gasteiger partial charge in [-0.25, -0.2) is 0 Å². The second kappa shape index (κ2) is 6.76. The highest BCUT2D eigenvalue weighted by Gasteiger charge is 2.21. The van der Waals surface area contributed by atoms with E-state index in [1.165, 1.54) is 63.4 Å². The van der Waals surface area contributed by atoms with Crippen molar-refractivity contribution in [3.63, 3.8) is 0 Å². The van der Waals surface area contributed by atoms with Gasteiger partial charge in [0, 0.05) is 0 Å². The van der Waals surface area contributed by atoms with Gasteiger partial charge in [0.05, 0.1) is 6.10 Å². The predicted molar refractivity (Wildman–Crippen MR) is 83.8 cm³/mol. The Morgan fingerprint density at radius 1 is 0.950 bits per heavy atom. The van der Waals surface area contributed by atoms with Crippen molar-refractivity contribution in [2.45, 2.75) is 76.2 Å². The summed E-state index contributed by atoms with van der Waals surface area (Å²) in [6.45, 7) is 0. The van der Waals surface area contributed by atoms with Gasteiger partial charge in [0.2, 0.25) is 0 Å². The first kappa shape index (κ1) is 14.1. The third-order valence-corrected chi connectivity index (χ3v) is 5.40. The standard InChI is InChI=1S/C19H28O/c20-19(13-15-7-3-1-2-4-8-15)18-12-6-11-17(14-18)16-9-5-10-16/h6,11-12,14-16,19-20H,1-5,7-10,13H2. The second-order valence-electron chi connectivity index (χ2n) is 6.91. The van der Waals surface area contributed by atoms with E-state index in [-0.39, 0.29) is 6.10 Å². The zero-order chi connectivity index (χ0) is 13.8. The first-order valence-corrected chi connectivity index (χ1v) is 8.61. The molecule has 3 rings (SSSR count). The zero-order valence-electron chi connectivity index (χ0n) is 12.6. The fourth-order valence-electron chi connectivity index (χ4n) is 3.81. The van der Waals surface area contributed by atoms with Crippen LogP contribution in [0.1, 0.15) is 87.4 Å². The SMILES string of the molecule is OC(CC1CCCCCC1)c1cccc(C2CCC2)c1. The molecule has 0 radical (unpaired) electrons. The molecule has 2 saturated carbocycles. The summed E-state index contributed by atoms with van der Waals surface area (Å²) in [4.78, 5) is 0. The third kappa shape index (κ3) is 3.44. The van der Waals surface area contributed by atoms with Crippen LogP contribution in [0, 0.1) is 5.92 Å². The topological polar surface area (TPSA) is 20.2 Å². The summed E-state index contributed by atoms with van der Waals surface area (Å²) in [7, 11) is 0. The highest BCUT2D eigenvalue weighted by molar-refractivity contribution is 5.29. The van der Waals surface area contributed by atoms with Crippen LogP contribution >= 0.6 is 0 Å². The molecule has 0 aromatic heterocycles. The molecule has 110 valence electrons. The van der Waals surface area contributed by atoms with Crippen molar-refractivity contribution in [3.05, 3.63) is 35.4 Å². The van der Waals surface area contributed by atoms with Gasteiger partial charge in [-0.3, -0.25) is 0 Å². The number of aliphatic hydroxyl groups excluding tert-OH is 1. The average Bonchev–Trinajstić information content (AvgIpc) is 2.66. The van der Waals surface area contributed by atoms with Crippen LogP contribution in [0.3, 0.4) is 0 Å². The van der Waals surface area contributed by atoms with Crippen molar-refractivity contribution < 1.29 is 5.11 Å². The minimum absolute atomic E-state index is 0.252. The monoisotopic (exact) mass is 272 g/mol. The van der Waals surface area contributed by atoms with Gasteiger partial charge in [0.25, 0.3) is 0 Å². The largest absolute Gasteiger partial charge is 0.388 e. The Bertz CT molecular complexity index is 414. The number of hydrogen-bond donors (Lipinski definition) is 1. The molecule has 1 aromatic carbocycles. The summed E-state index contributed by atoms with van der Waals surface area (Å²) >= 11 is 0. The van der Waals surface area contributed by atoms with E-state index in [0.717, 1.165) is 23.8 Å². The van der Waals surface area contributed by atoms with Gasteiger partial charge < -0.3 is 5.11 Å². The van der Waals surface area contributed by atoms with E-state index in [9.17, 15) is 5.11 Å². The van der Waals surface area contributed by atoms with Gasteiger partial charge in [0.1, 0.15) is 0 Å². The molecule has 0 bridgehead atoms. The smallest absolute Gasteiger partial charge is 0.0792 e. The Hall–Kier alpha value is -0.820. The van der Waals surface area contributed by atoms with E-state index in [1.54, 1.807) is 0 Å². The van der Waals surface area contributed by atoms with Crippen molar-refractivity contribution in [1.82, 2.24) is 0 Å². The highest BCUT2D eigenvalue weighted by Crippen LogP contribution is 2.38. The van der Waals surface area contributed by atoms with Crippen LogP contribution < -0.4 is 0 Å². The van der Waals surface area contributed by atoms with E-state index in [4.69, 9.17) is 0 Å². The summed E-state index contributed by atoms with van der Waals surface area (Å²) < 4.78 is 0. The van der Waals surface area contributed by atoms with Crippen molar-refractivity contribution >= 4 is 0 Å². The van der Waals surface area contributed by atoms with Gasteiger partial charge >= 0.3 is 0 Å². The quantitative estimate of drug-likeness (QED) is 0.733. The summed E-state index contributed by atoms with van der Waals surface area (Å²) in [5, 5.41) is 10.6. The van der Waals surface area contributed by atoms with Crippen LogP contribution in [0.25, 0.3) is 0 Å². The van der Waals surface area contributed by atoms with Crippen molar-refractivity contribution in [2.75, 3.05) is 0 Å². The molecule has 1 unspecified atom stereocenters. The van der Waals surface area contributed by atoms with Crippen LogP contribution in [0.15, 0.2) is 24.3 Å². The molecule has 0 saturated heterocycles. The van der Waals surface area contributed by atoms with Crippen LogP contribution in [0.5, 0.6) is 0 Å². The molecular weight excluding hydrogens is 244 g/mol. The maximum Gasteiger partial charge on any atom is 0.0792 e. The summed E-state index contributed by atoms with van der Waals surface area (Å²) in [6, 6.07) is 8.76. The zero-order valence-corrected chi connectivity index (χ0v) is 12.6. The predicted octanol–water partition coefficient (Wildman–Crippen LogP) is 5.35. The molecule has 1 heteroatoms. The summed E-state index contributed by atoms with van der Waals surface area (Å²) in [5.74, 6) is 1.50. The molecule has 20 heavy (non-hydrogen) atoms. The number of benzene rings is 1. The van der Waals surface area contributed by atoms with Gasteiger partial charge in [-0.05, 0) is 42.2 Å². The lowest BCUT2D eigenvalue weighted by Crippen LogP contribution is -2.11. The Labute approximate surface area is 123 Å². The summed E-state index contributed by atoms with van der Waals surface area (Å²) in [6.07, 6.45) is 12.9. The van der Waals surface area contributed by atoms with E-state index >= 15 is 0 Å². The number of hydrogen-bond acceptors (Lipinski definition) is 1. The third-order valence-electron chi connectivity index (χ3n) is 5.40. The van der Waals surface area contributed by atoms with Crippen LogP contribution in [-0.4, -0.2) is 5.11 Å². The van der Waals surface area contributed by atoms with E-state index < -0.39 is 0 Å². The molecular formula is C19H28O. The lowest BCUT2D eigenvalue weighted by molar-refractivity contribution is 0.139. The van der Waals surface area contributed by atoms with Gasteiger partial charge in [-0.2, -0.15) is 0 Å². The molecule has 2 fully saturated rings.